The zero-order chi connectivity index (χ0) is 10.9. The number of epoxide rings is 1. The lowest BCUT2D eigenvalue weighted by Gasteiger charge is -2.49. The van der Waals surface area contributed by atoms with E-state index in [1.807, 2.05) is 0 Å². The molecule has 1 aliphatic carbocycles. The van der Waals surface area contributed by atoms with Gasteiger partial charge in [-0.25, -0.2) is 0 Å². The van der Waals surface area contributed by atoms with Gasteiger partial charge in [0.05, 0.1) is 12.2 Å². The molecular formula is C13H20O2. The van der Waals surface area contributed by atoms with Crippen LogP contribution in [0.4, 0.5) is 0 Å². The summed E-state index contributed by atoms with van der Waals surface area (Å²) in [4.78, 5) is 0. The van der Waals surface area contributed by atoms with Crippen LogP contribution in [0, 0.1) is 5.41 Å². The minimum Gasteiger partial charge on any atom is -0.365 e. The lowest BCUT2D eigenvalue weighted by Crippen LogP contribution is -2.59. The van der Waals surface area contributed by atoms with E-state index in [1.54, 1.807) is 0 Å². The molecule has 0 aromatic rings. The van der Waals surface area contributed by atoms with Gasteiger partial charge in [-0.2, -0.15) is 0 Å². The lowest BCUT2D eigenvalue weighted by atomic mass is 9.61. The van der Waals surface area contributed by atoms with E-state index < -0.39 is 0 Å². The molecule has 2 nitrogen and oxygen atoms in total. The smallest absolute Gasteiger partial charge is 0.132 e. The average Bonchev–Trinajstić information content (AvgIpc) is 2.77. The van der Waals surface area contributed by atoms with Crippen molar-refractivity contribution in [1.82, 2.24) is 0 Å². The minimum absolute atomic E-state index is 0.0543. The number of hydrogen-bond donors (Lipinski definition) is 0. The van der Waals surface area contributed by atoms with E-state index >= 15 is 0 Å². The van der Waals surface area contributed by atoms with Gasteiger partial charge in [-0.15, -0.1) is 0 Å². The van der Waals surface area contributed by atoms with Gasteiger partial charge in [-0.05, 0) is 20.3 Å². The summed E-state index contributed by atoms with van der Waals surface area (Å²) in [6.45, 7) is 8.93. The molecule has 0 radical (unpaired) electrons. The first kappa shape index (κ1) is 9.86. The van der Waals surface area contributed by atoms with E-state index in [9.17, 15) is 0 Å². The minimum atomic E-state index is -0.211. The van der Waals surface area contributed by atoms with Gasteiger partial charge >= 0.3 is 0 Å². The van der Waals surface area contributed by atoms with E-state index in [4.69, 9.17) is 9.47 Å². The molecule has 4 atom stereocenters. The van der Waals surface area contributed by atoms with Crippen LogP contribution in [0.2, 0.25) is 0 Å². The maximum Gasteiger partial charge on any atom is 0.132 e. The van der Waals surface area contributed by atoms with Crippen LogP contribution in [0.25, 0.3) is 0 Å². The Kier molecular flexibility index (Phi) is 1.64. The van der Waals surface area contributed by atoms with E-state index in [1.165, 1.54) is 0 Å². The van der Waals surface area contributed by atoms with Crippen molar-refractivity contribution >= 4 is 0 Å². The van der Waals surface area contributed by atoms with Crippen molar-refractivity contribution in [3.63, 3.8) is 0 Å². The highest BCUT2D eigenvalue weighted by Gasteiger charge is 2.76. The molecule has 0 amide bonds. The SMILES string of the molecule is CC1CC2OC23C(C)(C)CC=CC3(C)O1. The van der Waals surface area contributed by atoms with E-state index in [0.717, 1.165) is 12.8 Å². The highest BCUT2D eigenvalue weighted by atomic mass is 16.7. The van der Waals surface area contributed by atoms with Gasteiger partial charge < -0.3 is 9.47 Å². The van der Waals surface area contributed by atoms with E-state index in [-0.39, 0.29) is 16.6 Å². The molecule has 2 heterocycles. The Balaban J connectivity index is 2.08. The van der Waals surface area contributed by atoms with Crippen LogP contribution in [0.3, 0.4) is 0 Å². The summed E-state index contributed by atoms with van der Waals surface area (Å²) in [6.07, 6.45) is 7.33. The monoisotopic (exact) mass is 208 g/mol. The third-order valence-electron chi connectivity index (χ3n) is 4.52. The molecule has 84 valence electrons. The van der Waals surface area contributed by atoms with Crippen molar-refractivity contribution in [3.8, 4) is 0 Å². The van der Waals surface area contributed by atoms with Crippen LogP contribution in [-0.2, 0) is 9.47 Å². The molecule has 15 heavy (non-hydrogen) atoms. The molecule has 0 aromatic carbocycles. The Morgan fingerprint density at radius 3 is 2.67 bits per heavy atom. The third-order valence-corrected chi connectivity index (χ3v) is 4.52. The van der Waals surface area contributed by atoms with Crippen molar-refractivity contribution in [1.29, 1.82) is 0 Å². The van der Waals surface area contributed by atoms with Gasteiger partial charge in [0, 0.05) is 11.8 Å². The summed E-state index contributed by atoms with van der Waals surface area (Å²) < 4.78 is 12.2. The Morgan fingerprint density at radius 1 is 1.20 bits per heavy atom. The zero-order valence-corrected chi connectivity index (χ0v) is 10.0. The number of ether oxygens (including phenoxy) is 2. The molecule has 2 aliphatic heterocycles. The largest absolute Gasteiger partial charge is 0.365 e. The summed E-state index contributed by atoms with van der Waals surface area (Å²) in [7, 11) is 0. The molecule has 0 bridgehead atoms. The first-order chi connectivity index (χ1) is 6.91. The Bertz CT molecular complexity index is 333. The van der Waals surface area contributed by atoms with Crippen molar-refractivity contribution < 1.29 is 9.47 Å². The number of rotatable bonds is 0. The fourth-order valence-electron chi connectivity index (χ4n) is 3.86. The second-order valence-electron chi connectivity index (χ2n) is 6.10. The molecule has 2 saturated heterocycles. The second-order valence-corrected chi connectivity index (χ2v) is 6.10. The van der Waals surface area contributed by atoms with Crippen LogP contribution in [0.1, 0.15) is 40.5 Å². The van der Waals surface area contributed by atoms with Crippen LogP contribution in [-0.4, -0.2) is 23.4 Å². The maximum absolute atomic E-state index is 6.15. The molecule has 0 N–H and O–H groups in total. The first-order valence-corrected chi connectivity index (χ1v) is 5.95. The lowest BCUT2D eigenvalue weighted by molar-refractivity contribution is -0.137. The quantitative estimate of drug-likeness (QED) is 0.451. The molecule has 2 fully saturated rings. The third kappa shape index (κ3) is 0.974. The first-order valence-electron chi connectivity index (χ1n) is 5.95. The van der Waals surface area contributed by atoms with Crippen LogP contribution >= 0.6 is 0 Å². The molecule has 0 saturated carbocycles. The van der Waals surface area contributed by atoms with Crippen molar-refractivity contribution in [2.75, 3.05) is 0 Å². The second kappa shape index (κ2) is 2.49. The normalized spacial score (nSPS) is 55.7. The zero-order valence-electron chi connectivity index (χ0n) is 10.0. The highest BCUT2D eigenvalue weighted by molar-refractivity contribution is 5.32. The summed E-state index contributed by atoms with van der Waals surface area (Å²) in [5.41, 5.74) is -0.0698. The molecule has 3 rings (SSSR count). The van der Waals surface area contributed by atoms with Crippen molar-refractivity contribution in [3.05, 3.63) is 12.2 Å². The summed E-state index contributed by atoms with van der Waals surface area (Å²) in [5.74, 6) is 0. The Morgan fingerprint density at radius 2 is 1.93 bits per heavy atom. The Hall–Kier alpha value is -0.340. The highest BCUT2D eigenvalue weighted by Crippen LogP contribution is 2.65. The van der Waals surface area contributed by atoms with E-state index in [2.05, 4.69) is 39.8 Å². The molecule has 2 heteroatoms. The van der Waals surface area contributed by atoms with Gasteiger partial charge in [0.15, 0.2) is 0 Å². The van der Waals surface area contributed by atoms with Crippen LogP contribution in [0.15, 0.2) is 12.2 Å². The predicted molar refractivity (Wildman–Crippen MR) is 58.7 cm³/mol. The summed E-state index contributed by atoms with van der Waals surface area (Å²) in [5, 5.41) is 0. The fourth-order valence-corrected chi connectivity index (χ4v) is 3.86. The number of allylic oxidation sites excluding steroid dienone is 1. The van der Waals surface area contributed by atoms with Crippen molar-refractivity contribution in [2.45, 2.75) is 63.9 Å². The molecule has 3 aliphatic rings. The standard InChI is InChI=1S/C13H20O2/c1-9-8-10-13(15-10)11(2,3)6-5-7-12(13,4)14-9/h5,7,9-10H,6,8H2,1-4H3. The molecule has 1 spiro atoms. The van der Waals surface area contributed by atoms with Gasteiger partial charge in [0.1, 0.15) is 11.2 Å². The van der Waals surface area contributed by atoms with Crippen molar-refractivity contribution in [2.24, 2.45) is 5.41 Å². The maximum atomic E-state index is 6.15. The molecular weight excluding hydrogens is 188 g/mol. The fraction of sp³-hybridized carbons (Fsp3) is 0.846. The van der Waals surface area contributed by atoms with Gasteiger partial charge in [0.2, 0.25) is 0 Å². The average molecular weight is 208 g/mol. The summed E-state index contributed by atoms with van der Waals surface area (Å²) >= 11 is 0. The van der Waals surface area contributed by atoms with Crippen LogP contribution < -0.4 is 0 Å². The number of hydrogen-bond acceptors (Lipinski definition) is 2. The molecule has 0 aromatic heterocycles. The van der Waals surface area contributed by atoms with Gasteiger partial charge in [-0.3, -0.25) is 0 Å². The van der Waals surface area contributed by atoms with Gasteiger partial charge in [-0.1, -0.05) is 26.0 Å². The Labute approximate surface area is 91.6 Å². The van der Waals surface area contributed by atoms with Gasteiger partial charge in [0.25, 0.3) is 0 Å². The predicted octanol–water partition coefficient (Wildman–Crippen LogP) is 2.68. The topological polar surface area (TPSA) is 21.8 Å². The van der Waals surface area contributed by atoms with Crippen LogP contribution in [0.5, 0.6) is 0 Å². The van der Waals surface area contributed by atoms with E-state index in [0.29, 0.717) is 12.2 Å². The molecule has 4 unspecified atom stereocenters. The summed E-state index contributed by atoms with van der Waals surface area (Å²) in [6, 6.07) is 0.